The number of piperidine rings is 2. The molecule has 7 nitrogen and oxygen atoms in total. The van der Waals surface area contributed by atoms with E-state index >= 15 is 0 Å². The number of aromatic nitrogens is 1. The summed E-state index contributed by atoms with van der Waals surface area (Å²) in [7, 11) is 0. The quantitative estimate of drug-likeness (QED) is 0.891. The Bertz CT molecular complexity index is 870. The van der Waals surface area contributed by atoms with E-state index in [4.69, 9.17) is 9.78 Å². The van der Waals surface area contributed by atoms with Crippen LogP contribution in [-0.4, -0.2) is 41.0 Å². The van der Waals surface area contributed by atoms with Crippen molar-refractivity contribution in [3.63, 3.8) is 0 Å². The van der Waals surface area contributed by atoms with Crippen molar-refractivity contribution in [1.82, 2.24) is 15.4 Å². The highest BCUT2D eigenvalue weighted by molar-refractivity contribution is 5.93. The maximum absolute atomic E-state index is 12.8. The third-order valence-corrected chi connectivity index (χ3v) is 5.15. The van der Waals surface area contributed by atoms with E-state index in [2.05, 4.69) is 10.5 Å². The van der Waals surface area contributed by atoms with Crippen LogP contribution in [0.15, 0.2) is 40.9 Å². The SMILES string of the molecule is N#CC1CC2CN(C(=O)c3cc(-c4ccccc4)on3)CCC2NC1=O. The molecule has 2 aromatic rings. The number of fused-ring (bicyclic) bond motifs is 1. The molecule has 0 radical (unpaired) electrons. The predicted octanol–water partition coefficient (Wildman–Crippen LogP) is 1.83. The number of nitrogens with zero attached hydrogens (tertiary/aromatic N) is 3. The second kappa shape index (κ2) is 6.64. The van der Waals surface area contributed by atoms with Crippen LogP contribution in [0.2, 0.25) is 0 Å². The number of carbonyl (C=O) groups is 2. The highest BCUT2D eigenvalue weighted by Crippen LogP contribution is 2.29. The van der Waals surface area contributed by atoms with Gasteiger partial charge in [0.2, 0.25) is 5.91 Å². The van der Waals surface area contributed by atoms with Crippen LogP contribution < -0.4 is 5.32 Å². The van der Waals surface area contributed by atoms with Crippen molar-refractivity contribution in [2.75, 3.05) is 13.1 Å². The van der Waals surface area contributed by atoms with Gasteiger partial charge in [-0.15, -0.1) is 0 Å². The molecule has 3 atom stereocenters. The summed E-state index contributed by atoms with van der Waals surface area (Å²) in [6.45, 7) is 1.06. The Morgan fingerprint density at radius 2 is 2.15 bits per heavy atom. The topological polar surface area (TPSA) is 99.2 Å². The molecular formula is C19H18N4O3. The van der Waals surface area contributed by atoms with E-state index in [1.807, 2.05) is 36.4 Å². The molecule has 4 rings (SSSR count). The lowest BCUT2D eigenvalue weighted by atomic mass is 9.80. The summed E-state index contributed by atoms with van der Waals surface area (Å²) in [6.07, 6.45) is 1.18. The molecule has 2 amide bonds. The third-order valence-electron chi connectivity index (χ3n) is 5.15. The summed E-state index contributed by atoms with van der Waals surface area (Å²) in [5, 5.41) is 15.9. The zero-order valence-corrected chi connectivity index (χ0v) is 14.1. The first-order valence-corrected chi connectivity index (χ1v) is 8.67. The lowest BCUT2D eigenvalue weighted by molar-refractivity contribution is -0.128. The monoisotopic (exact) mass is 350 g/mol. The van der Waals surface area contributed by atoms with Gasteiger partial charge in [0.1, 0.15) is 5.92 Å². The second-order valence-electron chi connectivity index (χ2n) is 6.77. The van der Waals surface area contributed by atoms with Gasteiger partial charge < -0.3 is 14.7 Å². The Hall–Kier alpha value is -3.14. The molecule has 2 aliphatic rings. The van der Waals surface area contributed by atoms with Gasteiger partial charge in [0.05, 0.1) is 6.07 Å². The molecule has 0 bridgehead atoms. The van der Waals surface area contributed by atoms with Crippen LogP contribution in [-0.2, 0) is 4.79 Å². The molecule has 3 heterocycles. The lowest BCUT2D eigenvalue weighted by Gasteiger charge is -2.42. The Morgan fingerprint density at radius 3 is 2.92 bits per heavy atom. The van der Waals surface area contributed by atoms with Crippen LogP contribution in [0.3, 0.4) is 0 Å². The van der Waals surface area contributed by atoms with E-state index in [1.54, 1.807) is 11.0 Å². The number of benzene rings is 1. The van der Waals surface area contributed by atoms with Crippen molar-refractivity contribution in [1.29, 1.82) is 5.26 Å². The van der Waals surface area contributed by atoms with Crippen molar-refractivity contribution in [2.24, 2.45) is 11.8 Å². The van der Waals surface area contributed by atoms with E-state index in [1.165, 1.54) is 0 Å². The van der Waals surface area contributed by atoms with Crippen LogP contribution in [0.4, 0.5) is 0 Å². The maximum atomic E-state index is 12.8. The zero-order valence-electron chi connectivity index (χ0n) is 14.1. The summed E-state index contributed by atoms with van der Waals surface area (Å²) < 4.78 is 5.32. The zero-order chi connectivity index (χ0) is 18.1. The normalized spacial score (nSPS) is 25.1. The predicted molar refractivity (Wildman–Crippen MR) is 91.6 cm³/mol. The van der Waals surface area contributed by atoms with Gasteiger partial charge in [-0.3, -0.25) is 9.59 Å². The molecule has 0 saturated carbocycles. The Labute approximate surface area is 150 Å². The number of nitriles is 1. The fraction of sp³-hybridized carbons (Fsp3) is 0.368. The summed E-state index contributed by atoms with van der Waals surface area (Å²) >= 11 is 0. The van der Waals surface area contributed by atoms with Gasteiger partial charge >= 0.3 is 0 Å². The first-order chi connectivity index (χ1) is 12.7. The number of amides is 2. The molecule has 0 spiro atoms. The maximum Gasteiger partial charge on any atom is 0.276 e. The van der Waals surface area contributed by atoms with Gasteiger partial charge in [0, 0.05) is 30.8 Å². The lowest BCUT2D eigenvalue weighted by Crippen LogP contribution is -2.57. The fourth-order valence-corrected chi connectivity index (χ4v) is 3.73. The van der Waals surface area contributed by atoms with E-state index in [0.717, 1.165) is 5.56 Å². The van der Waals surface area contributed by atoms with E-state index in [-0.39, 0.29) is 29.5 Å². The molecule has 0 aliphatic carbocycles. The molecule has 2 aliphatic heterocycles. The molecule has 2 fully saturated rings. The van der Waals surface area contributed by atoms with Crippen LogP contribution >= 0.6 is 0 Å². The number of rotatable bonds is 2. The van der Waals surface area contributed by atoms with Crippen LogP contribution in [0, 0.1) is 23.2 Å². The Morgan fingerprint density at radius 1 is 1.35 bits per heavy atom. The van der Waals surface area contributed by atoms with Crippen molar-refractivity contribution < 1.29 is 14.1 Å². The fourth-order valence-electron chi connectivity index (χ4n) is 3.73. The number of carbonyl (C=O) groups excluding carboxylic acids is 2. The highest BCUT2D eigenvalue weighted by atomic mass is 16.5. The van der Waals surface area contributed by atoms with Gasteiger partial charge in [-0.2, -0.15) is 5.26 Å². The minimum atomic E-state index is -0.636. The average Bonchev–Trinajstić information content (AvgIpc) is 3.17. The summed E-state index contributed by atoms with van der Waals surface area (Å²) in [5.74, 6) is -0.366. The third kappa shape index (κ3) is 2.94. The molecule has 2 saturated heterocycles. The average molecular weight is 350 g/mol. The highest BCUT2D eigenvalue weighted by Gasteiger charge is 2.40. The summed E-state index contributed by atoms with van der Waals surface area (Å²) in [4.78, 5) is 26.3. The summed E-state index contributed by atoms with van der Waals surface area (Å²) in [5.41, 5.74) is 1.14. The number of likely N-dealkylation sites (tertiary alicyclic amines) is 1. The number of nitrogens with one attached hydrogen (secondary N) is 1. The molecule has 1 aromatic heterocycles. The molecule has 1 N–H and O–H groups in total. The number of hydrogen-bond donors (Lipinski definition) is 1. The molecule has 3 unspecified atom stereocenters. The molecule has 1 aromatic carbocycles. The largest absolute Gasteiger partial charge is 0.355 e. The minimum absolute atomic E-state index is 0.0355. The standard InChI is InChI=1S/C19H18N4O3/c20-10-13-8-14-11-23(7-6-15(14)21-18(13)24)19(25)16-9-17(26-22-16)12-4-2-1-3-5-12/h1-5,9,13-15H,6-8,11H2,(H,21,24). The molecular weight excluding hydrogens is 332 g/mol. The molecule has 7 heteroatoms. The van der Waals surface area contributed by atoms with Gasteiger partial charge in [-0.1, -0.05) is 35.5 Å². The van der Waals surface area contributed by atoms with Crippen LogP contribution in [0.5, 0.6) is 0 Å². The number of hydrogen-bond acceptors (Lipinski definition) is 5. The van der Waals surface area contributed by atoms with E-state index in [0.29, 0.717) is 31.7 Å². The Kier molecular flexibility index (Phi) is 4.17. The van der Waals surface area contributed by atoms with Crippen LogP contribution in [0.25, 0.3) is 11.3 Å². The van der Waals surface area contributed by atoms with Gasteiger partial charge in [0.25, 0.3) is 5.91 Å². The first kappa shape index (κ1) is 16.3. The van der Waals surface area contributed by atoms with Crippen molar-refractivity contribution >= 4 is 11.8 Å². The summed E-state index contributed by atoms with van der Waals surface area (Å²) in [6, 6.07) is 13.2. The van der Waals surface area contributed by atoms with Crippen molar-refractivity contribution in [3.8, 4) is 17.4 Å². The van der Waals surface area contributed by atoms with E-state index < -0.39 is 5.92 Å². The van der Waals surface area contributed by atoms with Crippen molar-refractivity contribution in [3.05, 3.63) is 42.1 Å². The van der Waals surface area contributed by atoms with Gasteiger partial charge in [-0.05, 0) is 18.8 Å². The van der Waals surface area contributed by atoms with E-state index in [9.17, 15) is 9.59 Å². The first-order valence-electron chi connectivity index (χ1n) is 8.67. The van der Waals surface area contributed by atoms with Gasteiger partial charge in [0.15, 0.2) is 11.5 Å². The van der Waals surface area contributed by atoms with Crippen LogP contribution in [0.1, 0.15) is 23.3 Å². The second-order valence-corrected chi connectivity index (χ2v) is 6.77. The molecule has 132 valence electrons. The smallest absolute Gasteiger partial charge is 0.276 e. The van der Waals surface area contributed by atoms with Crippen molar-refractivity contribution in [2.45, 2.75) is 18.9 Å². The Balaban J connectivity index is 1.47. The van der Waals surface area contributed by atoms with Gasteiger partial charge in [-0.25, -0.2) is 0 Å². The minimum Gasteiger partial charge on any atom is -0.355 e. The molecule has 26 heavy (non-hydrogen) atoms.